The summed E-state index contributed by atoms with van der Waals surface area (Å²) < 4.78 is 28.3. The molecule has 2 aromatic rings. The predicted molar refractivity (Wildman–Crippen MR) is 147 cm³/mol. The Bertz CT molecular complexity index is 1190. The number of rotatable bonds is 14. The van der Waals surface area contributed by atoms with Crippen LogP contribution in [0.25, 0.3) is 0 Å². The second-order valence-corrected chi connectivity index (χ2v) is 11.4. The third-order valence-corrected chi connectivity index (χ3v) is 8.34. The minimum Gasteiger partial charge on any atom is -0.465 e. The van der Waals surface area contributed by atoms with Crippen LogP contribution in [0.15, 0.2) is 59.5 Å². The topological polar surface area (TPSA) is 149 Å². The quantitative estimate of drug-likeness (QED) is 0.257. The lowest BCUT2D eigenvalue weighted by molar-refractivity contribution is -0.145. The number of sulfonamides is 1. The van der Waals surface area contributed by atoms with E-state index in [2.05, 4.69) is 10.6 Å². The number of aliphatic hydroxyl groups excluding tert-OH is 1. The van der Waals surface area contributed by atoms with Gasteiger partial charge in [-0.1, -0.05) is 53.7 Å². The minimum atomic E-state index is -4.26. The average Bonchev–Trinajstić information content (AvgIpc) is 3.44. The molecule has 0 radical (unpaired) electrons. The normalized spacial score (nSPS) is 15.6. The van der Waals surface area contributed by atoms with Gasteiger partial charge in [0.15, 0.2) is 0 Å². The molecular formula is C27H38N4O7S. The zero-order valence-corrected chi connectivity index (χ0v) is 23.1. The SMILES string of the molecule is CCN(C)C(=O)CNc1cccc(S(=O)(=O)N(C[C@@H](O)[C@H](Cc2ccccc2)NC(=O)O)OC2CCCC2)c1. The van der Waals surface area contributed by atoms with Crippen molar-refractivity contribution in [3.05, 3.63) is 60.2 Å². The average molecular weight is 563 g/mol. The Labute approximate surface area is 229 Å². The van der Waals surface area contributed by atoms with E-state index in [0.29, 0.717) is 25.1 Å². The molecular weight excluding hydrogens is 524 g/mol. The fourth-order valence-electron chi connectivity index (χ4n) is 4.32. The molecule has 4 N–H and O–H groups in total. The first kappa shape index (κ1) is 30.4. The highest BCUT2D eigenvalue weighted by Gasteiger charge is 2.34. The summed E-state index contributed by atoms with van der Waals surface area (Å²) in [7, 11) is -2.58. The Hall–Kier alpha value is -3.19. The molecule has 0 bridgehead atoms. The van der Waals surface area contributed by atoms with Gasteiger partial charge in [0, 0.05) is 19.3 Å². The summed E-state index contributed by atoms with van der Waals surface area (Å²) >= 11 is 0. The molecule has 2 amide bonds. The number of amides is 2. The number of anilines is 1. The summed E-state index contributed by atoms with van der Waals surface area (Å²) in [6, 6.07) is 14.1. The number of hydroxylamine groups is 1. The van der Waals surface area contributed by atoms with E-state index in [-0.39, 0.29) is 29.9 Å². The van der Waals surface area contributed by atoms with Gasteiger partial charge in [-0.2, -0.15) is 0 Å². The molecule has 1 aliphatic rings. The zero-order valence-electron chi connectivity index (χ0n) is 22.3. The standard InChI is InChI=1S/C27H38N4O7S/c1-3-30(2)26(33)18-28-21-12-9-15-23(17-21)39(36,37)31(38-22-13-7-8-14-22)19-25(32)24(29-27(34)35)16-20-10-5-4-6-11-20/h4-6,9-12,15,17,22,24-25,28-29,32H,3,7-8,13-14,16,18-19H2,1-2H3,(H,34,35)/t24-,25+/m0/s1. The molecule has 11 nitrogen and oxygen atoms in total. The Morgan fingerprint density at radius 1 is 1.10 bits per heavy atom. The zero-order chi connectivity index (χ0) is 28.4. The number of benzene rings is 2. The van der Waals surface area contributed by atoms with Gasteiger partial charge in [0.1, 0.15) is 0 Å². The molecule has 2 atom stereocenters. The summed E-state index contributed by atoms with van der Waals surface area (Å²) in [5.41, 5.74) is 1.22. The summed E-state index contributed by atoms with van der Waals surface area (Å²) in [5, 5.41) is 25.7. The predicted octanol–water partition coefficient (Wildman–Crippen LogP) is 2.68. The molecule has 2 aromatic carbocycles. The highest BCUT2D eigenvalue weighted by molar-refractivity contribution is 7.89. The van der Waals surface area contributed by atoms with Crippen LogP contribution in [0, 0.1) is 0 Å². The Balaban J connectivity index is 1.83. The molecule has 0 spiro atoms. The van der Waals surface area contributed by atoms with Crippen molar-refractivity contribution in [3.8, 4) is 0 Å². The van der Waals surface area contributed by atoms with Crippen LogP contribution in [-0.2, 0) is 26.1 Å². The van der Waals surface area contributed by atoms with Gasteiger partial charge in [0.05, 0.1) is 36.2 Å². The van der Waals surface area contributed by atoms with Crippen molar-refractivity contribution in [2.45, 2.75) is 62.2 Å². The van der Waals surface area contributed by atoms with E-state index in [1.54, 1.807) is 48.3 Å². The van der Waals surface area contributed by atoms with Crippen LogP contribution in [0.3, 0.4) is 0 Å². The summed E-state index contributed by atoms with van der Waals surface area (Å²) in [6.45, 7) is 1.92. The van der Waals surface area contributed by atoms with Gasteiger partial charge < -0.3 is 25.7 Å². The van der Waals surface area contributed by atoms with Gasteiger partial charge >= 0.3 is 6.09 Å². The summed E-state index contributed by atoms with van der Waals surface area (Å²) in [4.78, 5) is 31.0. The number of carbonyl (C=O) groups is 2. The molecule has 1 fully saturated rings. The van der Waals surface area contributed by atoms with Gasteiger partial charge in [0.25, 0.3) is 10.0 Å². The number of likely N-dealkylation sites (N-methyl/N-ethyl adjacent to an activating group) is 1. The number of hydrogen-bond donors (Lipinski definition) is 4. The Morgan fingerprint density at radius 2 is 1.79 bits per heavy atom. The molecule has 0 aromatic heterocycles. The largest absolute Gasteiger partial charge is 0.465 e. The van der Waals surface area contributed by atoms with Crippen LogP contribution in [0.4, 0.5) is 10.5 Å². The van der Waals surface area contributed by atoms with Crippen LogP contribution in [0.2, 0.25) is 0 Å². The van der Waals surface area contributed by atoms with Crippen molar-refractivity contribution in [2.24, 2.45) is 0 Å². The van der Waals surface area contributed by atoms with Crippen LogP contribution >= 0.6 is 0 Å². The van der Waals surface area contributed by atoms with E-state index in [9.17, 15) is 28.2 Å². The first-order valence-electron chi connectivity index (χ1n) is 13.1. The third-order valence-electron chi connectivity index (χ3n) is 6.72. The van der Waals surface area contributed by atoms with Crippen molar-refractivity contribution in [3.63, 3.8) is 0 Å². The fraction of sp³-hybridized carbons (Fsp3) is 0.481. The van der Waals surface area contributed by atoms with Crippen LogP contribution in [0.1, 0.15) is 38.2 Å². The summed E-state index contributed by atoms with van der Waals surface area (Å²) in [5.74, 6) is -0.143. The maximum atomic E-state index is 13.8. The smallest absolute Gasteiger partial charge is 0.404 e. The van der Waals surface area contributed by atoms with Gasteiger partial charge in [-0.25, -0.2) is 13.2 Å². The van der Waals surface area contributed by atoms with Gasteiger partial charge in [-0.05, 0) is 49.9 Å². The number of nitrogens with one attached hydrogen (secondary N) is 2. The van der Waals surface area contributed by atoms with Gasteiger partial charge in [-0.3, -0.25) is 9.63 Å². The Kier molecular flexibility index (Phi) is 11.1. The molecule has 0 aliphatic heterocycles. The maximum absolute atomic E-state index is 13.8. The number of carbonyl (C=O) groups excluding carboxylic acids is 1. The molecule has 1 aliphatic carbocycles. The number of nitrogens with zero attached hydrogens (tertiary/aromatic N) is 2. The van der Waals surface area contributed by atoms with E-state index in [1.165, 1.54) is 12.1 Å². The van der Waals surface area contributed by atoms with Crippen molar-refractivity contribution >= 4 is 27.7 Å². The van der Waals surface area contributed by atoms with Crippen molar-refractivity contribution in [2.75, 3.05) is 32.0 Å². The van der Waals surface area contributed by atoms with Crippen LogP contribution < -0.4 is 10.6 Å². The molecule has 12 heteroatoms. The lowest BCUT2D eigenvalue weighted by atomic mass is 10.0. The lowest BCUT2D eigenvalue weighted by Crippen LogP contribution is -2.50. The highest BCUT2D eigenvalue weighted by atomic mass is 32.2. The molecule has 214 valence electrons. The van der Waals surface area contributed by atoms with Gasteiger partial charge in [0.2, 0.25) is 5.91 Å². The van der Waals surface area contributed by atoms with E-state index in [0.717, 1.165) is 22.9 Å². The van der Waals surface area contributed by atoms with E-state index in [1.807, 2.05) is 13.0 Å². The number of carboxylic acid groups (broad SMARTS) is 1. The molecule has 3 rings (SSSR count). The first-order chi connectivity index (χ1) is 18.6. The van der Waals surface area contributed by atoms with E-state index in [4.69, 9.17) is 4.84 Å². The molecule has 0 unspecified atom stereocenters. The molecule has 0 saturated heterocycles. The first-order valence-corrected chi connectivity index (χ1v) is 14.5. The van der Waals surface area contributed by atoms with E-state index < -0.39 is 34.8 Å². The molecule has 39 heavy (non-hydrogen) atoms. The van der Waals surface area contributed by atoms with E-state index >= 15 is 0 Å². The number of aliphatic hydroxyl groups is 1. The van der Waals surface area contributed by atoms with Gasteiger partial charge in [-0.15, -0.1) is 0 Å². The highest BCUT2D eigenvalue weighted by Crippen LogP contribution is 2.27. The minimum absolute atomic E-state index is 0.00311. The second kappa shape index (κ2) is 14.3. The maximum Gasteiger partial charge on any atom is 0.404 e. The molecule has 1 saturated carbocycles. The second-order valence-electron chi connectivity index (χ2n) is 9.60. The van der Waals surface area contributed by atoms with Crippen molar-refractivity contribution < 1.29 is 33.1 Å². The summed E-state index contributed by atoms with van der Waals surface area (Å²) in [6.07, 6.45) is 0.246. The monoisotopic (exact) mass is 562 g/mol. The number of hydrogen-bond acceptors (Lipinski definition) is 7. The van der Waals surface area contributed by atoms with Crippen molar-refractivity contribution in [1.29, 1.82) is 0 Å². The fourth-order valence-corrected chi connectivity index (χ4v) is 5.67. The molecule has 0 heterocycles. The lowest BCUT2D eigenvalue weighted by Gasteiger charge is -2.30. The van der Waals surface area contributed by atoms with Crippen molar-refractivity contribution in [1.82, 2.24) is 14.7 Å². The van der Waals surface area contributed by atoms with Crippen LogP contribution in [-0.4, -0.2) is 84.9 Å². The van der Waals surface area contributed by atoms with Crippen LogP contribution in [0.5, 0.6) is 0 Å². The Morgan fingerprint density at radius 3 is 2.44 bits per heavy atom. The third kappa shape index (κ3) is 8.92.